The van der Waals surface area contributed by atoms with E-state index >= 15 is 0 Å². The number of benzene rings is 1. The molecule has 0 unspecified atom stereocenters. The van der Waals surface area contributed by atoms with Gasteiger partial charge < -0.3 is 0 Å². The third kappa shape index (κ3) is 3.70. The summed E-state index contributed by atoms with van der Waals surface area (Å²) in [6.45, 7) is 19.0. The molecule has 0 aliphatic carbocycles. The van der Waals surface area contributed by atoms with Gasteiger partial charge in [0.15, 0.2) is 0 Å². The first-order valence-electron chi connectivity index (χ1n) is 8.44. The van der Waals surface area contributed by atoms with Gasteiger partial charge in [-0.2, -0.15) is 0 Å². The van der Waals surface area contributed by atoms with Crippen LogP contribution in [-0.4, -0.2) is 11.3 Å². The zero-order chi connectivity index (χ0) is 16.0. The van der Waals surface area contributed by atoms with Gasteiger partial charge >= 0.3 is 0 Å². The molecule has 0 saturated carbocycles. The van der Waals surface area contributed by atoms with E-state index in [1.807, 2.05) is 0 Å². The van der Waals surface area contributed by atoms with Gasteiger partial charge in [0.05, 0.1) is 0 Å². The maximum atomic E-state index is 2.53. The summed E-state index contributed by atoms with van der Waals surface area (Å²) in [6, 6.07) is 7.50. The van der Waals surface area contributed by atoms with Crippen molar-refractivity contribution in [2.45, 2.75) is 90.4 Å². The minimum absolute atomic E-state index is 0.0106. The van der Waals surface area contributed by atoms with Crippen LogP contribution in [0.15, 0.2) is 18.2 Å². The Morgan fingerprint density at radius 1 is 0.762 bits per heavy atom. The molecule has 0 spiro atoms. The molecule has 2 rings (SSSR count). The molecule has 1 aliphatic heterocycles. The van der Waals surface area contributed by atoms with Crippen LogP contribution in [0.2, 0.25) is 0 Å². The Hall–Kier alpha value is -0.350. The lowest BCUT2D eigenvalue weighted by atomic mass is 9.81. The fourth-order valence-corrected chi connectivity index (χ4v) is 6.65. The largest absolute Gasteiger partial charge is 0.0695 e. The molecule has 1 saturated heterocycles. The van der Waals surface area contributed by atoms with Gasteiger partial charge in [-0.25, -0.2) is 0 Å². The van der Waals surface area contributed by atoms with Crippen molar-refractivity contribution in [2.24, 2.45) is 0 Å². The molecule has 118 valence electrons. The average molecular weight is 304 g/mol. The predicted molar refractivity (Wildman–Crippen MR) is 98.6 cm³/mol. The Labute approximate surface area is 133 Å². The molecule has 1 aromatic rings. The van der Waals surface area contributed by atoms with Crippen LogP contribution < -0.4 is 5.30 Å². The van der Waals surface area contributed by atoms with Gasteiger partial charge in [-0.15, -0.1) is 0 Å². The molecular formula is C20H33P. The number of rotatable bonds is 1. The summed E-state index contributed by atoms with van der Waals surface area (Å²) < 4.78 is 0. The summed E-state index contributed by atoms with van der Waals surface area (Å²) in [6.07, 6.45) is 2.83. The van der Waals surface area contributed by atoms with Crippen molar-refractivity contribution >= 4 is 13.2 Å². The molecule has 1 aromatic carbocycles. The van der Waals surface area contributed by atoms with Crippen molar-refractivity contribution in [3.05, 3.63) is 29.3 Å². The van der Waals surface area contributed by atoms with Gasteiger partial charge in [0.25, 0.3) is 0 Å². The molecule has 2 atom stereocenters. The maximum Gasteiger partial charge on any atom is -0.0132 e. The summed E-state index contributed by atoms with van der Waals surface area (Å²) in [5.74, 6) is 0. The Morgan fingerprint density at radius 2 is 1.14 bits per heavy atom. The van der Waals surface area contributed by atoms with Crippen LogP contribution in [0.3, 0.4) is 0 Å². The zero-order valence-corrected chi connectivity index (χ0v) is 16.1. The van der Waals surface area contributed by atoms with Crippen LogP contribution in [0.5, 0.6) is 0 Å². The topological polar surface area (TPSA) is 0 Å². The van der Waals surface area contributed by atoms with Crippen LogP contribution >= 0.6 is 7.92 Å². The van der Waals surface area contributed by atoms with Gasteiger partial charge in [0.1, 0.15) is 0 Å². The fraction of sp³-hybridized carbons (Fsp3) is 0.700. The van der Waals surface area contributed by atoms with Gasteiger partial charge in [0.2, 0.25) is 0 Å². The van der Waals surface area contributed by atoms with Crippen molar-refractivity contribution in [2.75, 3.05) is 0 Å². The van der Waals surface area contributed by atoms with Gasteiger partial charge in [-0.3, -0.25) is 0 Å². The molecular weight excluding hydrogens is 271 g/mol. The van der Waals surface area contributed by atoms with E-state index in [2.05, 4.69) is 73.6 Å². The number of hydrogen-bond donors (Lipinski definition) is 0. The Kier molecular flexibility index (Phi) is 4.61. The molecule has 1 fully saturated rings. The molecule has 0 amide bonds. The van der Waals surface area contributed by atoms with Crippen LogP contribution in [0.25, 0.3) is 0 Å². The second kappa shape index (κ2) is 5.69. The maximum absolute atomic E-state index is 2.53. The SMILES string of the molecule is C[C@H]1CC[C@H](C)P1c1cc(C(C)(C)C)cc(C(C)(C)C)c1. The average Bonchev–Trinajstić information content (AvgIpc) is 2.66. The summed E-state index contributed by atoms with van der Waals surface area (Å²) in [4.78, 5) is 0. The Morgan fingerprint density at radius 3 is 1.48 bits per heavy atom. The number of hydrogen-bond acceptors (Lipinski definition) is 0. The molecule has 0 bridgehead atoms. The standard InChI is InChI=1S/C20H33P/c1-14-9-10-15(2)21(14)18-12-16(19(3,4)5)11-17(13-18)20(6,7)8/h11-15H,9-10H2,1-8H3/t14-,15-/m0/s1. The van der Waals surface area contributed by atoms with Crippen molar-refractivity contribution < 1.29 is 0 Å². The lowest BCUT2D eigenvalue weighted by molar-refractivity contribution is 0.569. The molecule has 1 aliphatic rings. The highest BCUT2D eigenvalue weighted by Crippen LogP contribution is 2.54. The highest BCUT2D eigenvalue weighted by Gasteiger charge is 2.32. The molecule has 1 heteroatoms. The van der Waals surface area contributed by atoms with Crippen LogP contribution in [0.1, 0.15) is 79.4 Å². The van der Waals surface area contributed by atoms with E-state index in [4.69, 9.17) is 0 Å². The summed E-state index contributed by atoms with van der Waals surface area (Å²) in [5.41, 5.74) is 5.27. The molecule has 0 aromatic heterocycles. The molecule has 0 nitrogen and oxygen atoms in total. The Balaban J connectivity index is 2.55. The summed E-state index contributed by atoms with van der Waals surface area (Å²) in [5, 5.41) is 1.65. The van der Waals surface area contributed by atoms with Gasteiger partial charge in [-0.1, -0.05) is 81.5 Å². The van der Waals surface area contributed by atoms with Crippen molar-refractivity contribution in [3.8, 4) is 0 Å². The van der Waals surface area contributed by atoms with Crippen molar-refractivity contribution in [3.63, 3.8) is 0 Å². The van der Waals surface area contributed by atoms with E-state index < -0.39 is 0 Å². The van der Waals surface area contributed by atoms with Gasteiger partial charge in [0, 0.05) is 0 Å². The minimum atomic E-state index is 0.0106. The smallest absolute Gasteiger partial charge is 0.0132 e. The van der Waals surface area contributed by atoms with E-state index in [-0.39, 0.29) is 18.8 Å². The predicted octanol–water partition coefficient (Wildman–Crippen LogP) is 5.96. The second-order valence-corrected chi connectivity index (χ2v) is 12.0. The molecule has 1 heterocycles. The highest BCUT2D eigenvalue weighted by atomic mass is 31.1. The van der Waals surface area contributed by atoms with E-state index in [0.717, 1.165) is 11.3 Å². The summed E-state index contributed by atoms with van der Waals surface area (Å²) >= 11 is 0. The minimum Gasteiger partial charge on any atom is -0.0695 e. The van der Waals surface area contributed by atoms with Crippen molar-refractivity contribution in [1.29, 1.82) is 0 Å². The van der Waals surface area contributed by atoms with E-state index in [1.165, 1.54) is 24.0 Å². The normalized spacial score (nSPS) is 24.6. The van der Waals surface area contributed by atoms with Crippen molar-refractivity contribution in [1.82, 2.24) is 0 Å². The molecule has 0 radical (unpaired) electrons. The van der Waals surface area contributed by atoms with Crippen LogP contribution in [-0.2, 0) is 10.8 Å². The van der Waals surface area contributed by atoms with Gasteiger partial charge in [-0.05, 0) is 51.4 Å². The quantitative estimate of drug-likeness (QED) is 0.562. The zero-order valence-electron chi connectivity index (χ0n) is 15.2. The monoisotopic (exact) mass is 304 g/mol. The first-order chi connectivity index (χ1) is 9.50. The second-order valence-electron chi connectivity index (χ2n) is 8.95. The lowest BCUT2D eigenvalue weighted by Gasteiger charge is -2.29. The van der Waals surface area contributed by atoms with E-state index in [0.29, 0.717) is 0 Å². The lowest BCUT2D eigenvalue weighted by Crippen LogP contribution is -2.22. The Bertz CT molecular complexity index is 459. The van der Waals surface area contributed by atoms with Crippen LogP contribution in [0.4, 0.5) is 0 Å². The third-order valence-corrected chi connectivity index (χ3v) is 8.17. The van der Waals surface area contributed by atoms with E-state index in [9.17, 15) is 0 Å². The third-order valence-electron chi connectivity index (χ3n) is 4.90. The van der Waals surface area contributed by atoms with Crippen LogP contribution in [0, 0.1) is 0 Å². The molecule has 0 N–H and O–H groups in total. The summed E-state index contributed by atoms with van der Waals surface area (Å²) in [7, 11) is 0.0106. The first-order valence-corrected chi connectivity index (χ1v) is 9.92. The van der Waals surface area contributed by atoms with E-state index in [1.54, 1.807) is 5.30 Å². The first kappa shape index (κ1) is 17.0. The highest BCUT2D eigenvalue weighted by molar-refractivity contribution is 7.67. The fourth-order valence-electron chi connectivity index (χ4n) is 3.33. The molecule has 21 heavy (non-hydrogen) atoms.